The molecule has 3 heterocycles. The van der Waals surface area contributed by atoms with E-state index in [2.05, 4.69) is 20.2 Å². The van der Waals surface area contributed by atoms with Gasteiger partial charge in [-0.05, 0) is 36.8 Å². The first-order valence-corrected chi connectivity index (χ1v) is 9.66. The molecule has 1 aliphatic rings. The van der Waals surface area contributed by atoms with Gasteiger partial charge < -0.3 is 4.90 Å². The van der Waals surface area contributed by atoms with Gasteiger partial charge in [-0.15, -0.1) is 5.10 Å². The summed E-state index contributed by atoms with van der Waals surface area (Å²) in [6, 6.07) is 12.3. The molecule has 8 heteroatoms. The van der Waals surface area contributed by atoms with Crippen LogP contribution >= 0.6 is 0 Å². The molecule has 1 amide bonds. The Morgan fingerprint density at radius 1 is 1.17 bits per heavy atom. The molecule has 0 aliphatic carbocycles. The van der Waals surface area contributed by atoms with Crippen molar-refractivity contribution in [3.8, 4) is 0 Å². The SMILES string of the molecule is CC1CN(Cc2ccccn2)CCN1C(=O)c1cn(Cc2cccc(F)c2)nn1. The van der Waals surface area contributed by atoms with Gasteiger partial charge in [0.1, 0.15) is 5.82 Å². The lowest BCUT2D eigenvalue weighted by Gasteiger charge is -2.39. The molecule has 3 aromatic rings. The van der Waals surface area contributed by atoms with Gasteiger partial charge in [0.15, 0.2) is 5.69 Å². The smallest absolute Gasteiger partial charge is 0.276 e. The highest BCUT2D eigenvalue weighted by Crippen LogP contribution is 2.15. The predicted molar refractivity (Wildman–Crippen MR) is 106 cm³/mol. The van der Waals surface area contributed by atoms with Crippen molar-refractivity contribution in [3.05, 3.63) is 77.6 Å². The first kappa shape index (κ1) is 19.2. The number of pyridine rings is 1. The topological polar surface area (TPSA) is 67.2 Å². The lowest BCUT2D eigenvalue weighted by Crippen LogP contribution is -2.53. The van der Waals surface area contributed by atoms with E-state index < -0.39 is 0 Å². The van der Waals surface area contributed by atoms with E-state index in [-0.39, 0.29) is 17.8 Å². The first-order chi connectivity index (χ1) is 14.1. The number of carbonyl (C=O) groups is 1. The van der Waals surface area contributed by atoms with Gasteiger partial charge in [-0.25, -0.2) is 9.07 Å². The van der Waals surface area contributed by atoms with Crippen LogP contribution in [0.25, 0.3) is 0 Å². The lowest BCUT2D eigenvalue weighted by atomic mass is 10.1. The van der Waals surface area contributed by atoms with Crippen molar-refractivity contribution in [2.24, 2.45) is 0 Å². The van der Waals surface area contributed by atoms with Crippen molar-refractivity contribution in [3.63, 3.8) is 0 Å². The molecule has 4 rings (SSSR count). The molecule has 7 nitrogen and oxygen atoms in total. The third-order valence-corrected chi connectivity index (χ3v) is 5.08. The molecule has 150 valence electrons. The maximum atomic E-state index is 13.3. The van der Waals surface area contributed by atoms with E-state index >= 15 is 0 Å². The van der Waals surface area contributed by atoms with E-state index in [1.807, 2.05) is 36.1 Å². The largest absolute Gasteiger partial charge is 0.332 e. The summed E-state index contributed by atoms with van der Waals surface area (Å²) in [5.74, 6) is -0.420. The van der Waals surface area contributed by atoms with E-state index in [4.69, 9.17) is 0 Å². The van der Waals surface area contributed by atoms with Crippen LogP contribution in [0, 0.1) is 5.82 Å². The Balaban J connectivity index is 1.37. The molecule has 0 spiro atoms. The average molecular weight is 394 g/mol. The molecule has 0 radical (unpaired) electrons. The van der Waals surface area contributed by atoms with Crippen molar-refractivity contribution >= 4 is 5.91 Å². The molecule has 2 aromatic heterocycles. The quantitative estimate of drug-likeness (QED) is 0.664. The zero-order valence-corrected chi connectivity index (χ0v) is 16.3. The van der Waals surface area contributed by atoms with E-state index in [1.54, 1.807) is 23.1 Å². The zero-order chi connectivity index (χ0) is 20.2. The summed E-state index contributed by atoms with van der Waals surface area (Å²) in [7, 11) is 0. The monoisotopic (exact) mass is 394 g/mol. The maximum Gasteiger partial charge on any atom is 0.276 e. The van der Waals surface area contributed by atoms with Gasteiger partial charge in [-0.1, -0.05) is 23.4 Å². The fourth-order valence-electron chi connectivity index (χ4n) is 3.64. The Kier molecular flexibility index (Phi) is 5.62. The van der Waals surface area contributed by atoms with Crippen LogP contribution < -0.4 is 0 Å². The molecule has 1 saturated heterocycles. The highest BCUT2D eigenvalue weighted by atomic mass is 19.1. The van der Waals surface area contributed by atoms with Gasteiger partial charge in [0.2, 0.25) is 0 Å². The van der Waals surface area contributed by atoms with Crippen molar-refractivity contribution in [2.45, 2.75) is 26.1 Å². The van der Waals surface area contributed by atoms with E-state index in [1.165, 1.54) is 12.1 Å². The minimum Gasteiger partial charge on any atom is -0.332 e. The molecule has 1 atom stereocenters. The summed E-state index contributed by atoms with van der Waals surface area (Å²) < 4.78 is 14.9. The summed E-state index contributed by atoms with van der Waals surface area (Å²) in [4.78, 5) is 21.4. The van der Waals surface area contributed by atoms with Crippen LogP contribution in [0.2, 0.25) is 0 Å². The average Bonchev–Trinajstić information content (AvgIpc) is 3.17. The first-order valence-electron chi connectivity index (χ1n) is 9.66. The minimum atomic E-state index is -0.295. The van der Waals surface area contributed by atoms with Crippen LogP contribution in [0.4, 0.5) is 4.39 Å². The Bertz CT molecular complexity index is 976. The van der Waals surface area contributed by atoms with Gasteiger partial charge in [0.05, 0.1) is 18.4 Å². The van der Waals surface area contributed by atoms with Crippen LogP contribution in [-0.4, -0.2) is 61.4 Å². The number of halogens is 1. The Hall–Kier alpha value is -3.13. The van der Waals surface area contributed by atoms with Crippen molar-refractivity contribution < 1.29 is 9.18 Å². The van der Waals surface area contributed by atoms with E-state index in [0.717, 1.165) is 30.9 Å². The predicted octanol–water partition coefficient (Wildman–Crippen LogP) is 2.21. The molecular weight excluding hydrogens is 371 g/mol. The number of hydrogen-bond acceptors (Lipinski definition) is 5. The number of carbonyl (C=O) groups excluding carboxylic acids is 1. The third-order valence-electron chi connectivity index (χ3n) is 5.08. The van der Waals surface area contributed by atoms with Crippen LogP contribution in [-0.2, 0) is 13.1 Å². The van der Waals surface area contributed by atoms with Gasteiger partial charge in [-0.2, -0.15) is 0 Å². The number of rotatable bonds is 5. The van der Waals surface area contributed by atoms with Crippen LogP contribution in [0.5, 0.6) is 0 Å². The second-order valence-corrected chi connectivity index (χ2v) is 7.34. The van der Waals surface area contributed by atoms with Gasteiger partial charge in [0.25, 0.3) is 5.91 Å². The number of piperazine rings is 1. The lowest BCUT2D eigenvalue weighted by molar-refractivity contribution is 0.0467. The highest BCUT2D eigenvalue weighted by molar-refractivity contribution is 5.92. The third kappa shape index (κ3) is 4.65. The number of nitrogens with zero attached hydrogens (tertiary/aromatic N) is 6. The molecule has 0 bridgehead atoms. The van der Waals surface area contributed by atoms with E-state index in [0.29, 0.717) is 18.8 Å². The molecule has 0 saturated carbocycles. The molecular formula is C21H23FN6O. The molecule has 1 aliphatic heterocycles. The number of amides is 1. The fourth-order valence-corrected chi connectivity index (χ4v) is 3.64. The second-order valence-electron chi connectivity index (χ2n) is 7.34. The Morgan fingerprint density at radius 3 is 2.83 bits per heavy atom. The van der Waals surface area contributed by atoms with Crippen molar-refractivity contribution in [1.29, 1.82) is 0 Å². The minimum absolute atomic E-state index is 0.0633. The Labute approximate surface area is 168 Å². The normalized spacial score (nSPS) is 17.4. The van der Waals surface area contributed by atoms with E-state index in [9.17, 15) is 9.18 Å². The van der Waals surface area contributed by atoms with Crippen LogP contribution in [0.3, 0.4) is 0 Å². The molecule has 1 unspecified atom stereocenters. The van der Waals surface area contributed by atoms with Crippen molar-refractivity contribution in [1.82, 2.24) is 29.8 Å². The van der Waals surface area contributed by atoms with Crippen LogP contribution in [0.1, 0.15) is 28.7 Å². The number of benzene rings is 1. The molecule has 1 aromatic carbocycles. The van der Waals surface area contributed by atoms with Gasteiger partial charge in [-0.3, -0.25) is 14.7 Å². The zero-order valence-electron chi connectivity index (χ0n) is 16.3. The highest BCUT2D eigenvalue weighted by Gasteiger charge is 2.29. The number of hydrogen-bond donors (Lipinski definition) is 0. The summed E-state index contributed by atoms with van der Waals surface area (Å²) in [6.07, 6.45) is 3.42. The standard InChI is InChI=1S/C21H23FN6O/c1-16-12-26(14-19-7-2-3-8-23-19)9-10-28(16)21(29)20-15-27(25-24-20)13-17-5-4-6-18(22)11-17/h2-8,11,15-16H,9-10,12-14H2,1H3. The molecule has 29 heavy (non-hydrogen) atoms. The van der Waals surface area contributed by atoms with Crippen LogP contribution in [0.15, 0.2) is 54.9 Å². The van der Waals surface area contributed by atoms with Crippen molar-refractivity contribution in [2.75, 3.05) is 19.6 Å². The molecule has 0 N–H and O–H groups in total. The maximum absolute atomic E-state index is 13.3. The van der Waals surface area contributed by atoms with Gasteiger partial charge in [0, 0.05) is 38.4 Å². The molecule has 1 fully saturated rings. The summed E-state index contributed by atoms with van der Waals surface area (Å²) >= 11 is 0. The number of aromatic nitrogens is 4. The fraction of sp³-hybridized carbons (Fsp3) is 0.333. The summed E-state index contributed by atoms with van der Waals surface area (Å²) in [6.45, 7) is 5.37. The summed E-state index contributed by atoms with van der Waals surface area (Å²) in [5, 5.41) is 8.07. The Morgan fingerprint density at radius 2 is 2.07 bits per heavy atom. The van der Waals surface area contributed by atoms with Gasteiger partial charge >= 0.3 is 0 Å². The second kappa shape index (κ2) is 8.48. The summed E-state index contributed by atoms with van der Waals surface area (Å²) in [5.41, 5.74) is 2.11.